The lowest BCUT2D eigenvalue weighted by molar-refractivity contribution is -0.131. The van der Waals surface area contributed by atoms with Gasteiger partial charge in [-0.15, -0.1) is 0 Å². The summed E-state index contributed by atoms with van der Waals surface area (Å²) in [6.07, 6.45) is 89.5. The first-order chi connectivity index (χ1) is 68.1. The maximum atomic E-state index is 14.2. The first-order valence-electron chi connectivity index (χ1n) is 54.0. The zero-order chi connectivity index (χ0) is 101. The number of hydrogen-bond donors (Lipinski definition) is 16. The molecule has 139 heavy (non-hydrogen) atoms. The van der Waals surface area contributed by atoms with Crippen molar-refractivity contribution in [2.75, 3.05) is 78.8 Å². The first-order valence-corrected chi connectivity index (χ1v) is 54.0. The molecule has 0 radical (unpaired) electrons. The molecule has 0 aliphatic carbocycles. The maximum absolute atomic E-state index is 14.2. The van der Waals surface area contributed by atoms with Crippen LogP contribution in [-0.4, -0.2) is 187 Å². The molecule has 0 rings (SSSR count). The van der Waals surface area contributed by atoms with Gasteiger partial charge in [-0.2, -0.15) is 42.8 Å². The molecular weight excluding hydrogens is 1770 g/mol. The second kappa shape index (κ2) is 104. The van der Waals surface area contributed by atoms with Crippen LogP contribution in [-0.2, 0) is 67.3 Å². The zero-order valence-electron chi connectivity index (χ0n) is 86.6. The van der Waals surface area contributed by atoms with E-state index in [9.17, 15) is 47.9 Å². The molecule has 0 fully saturated rings. The van der Waals surface area contributed by atoms with Crippen molar-refractivity contribution in [3.05, 3.63) is 48.6 Å². The number of allylic oxidation sites excluding steroid dienone is 8. The van der Waals surface area contributed by atoms with Crippen LogP contribution >= 0.6 is 0 Å². The van der Waals surface area contributed by atoms with Crippen molar-refractivity contribution in [1.82, 2.24) is 75.5 Å². The molecule has 0 aromatic carbocycles. The normalized spacial score (nSPS) is 12.3. The Bertz CT molecular complexity index is 3290. The molecule has 10 amide bonds. The quantitative estimate of drug-likeness (QED) is 0.00884. The highest BCUT2D eigenvalue weighted by molar-refractivity contribution is 5.93. The molecule has 0 heterocycles. The van der Waals surface area contributed by atoms with Crippen molar-refractivity contribution >= 4 is 89.9 Å². The van der Waals surface area contributed by atoms with Gasteiger partial charge in [-0.1, -0.05) is 282 Å². The minimum atomic E-state index is -1.51. The Hall–Kier alpha value is -9.35. The van der Waals surface area contributed by atoms with E-state index in [1.807, 2.05) is 0 Å². The number of rotatable bonds is 103. The fraction of sp³-hybridized carbons (Fsp3) is 0.779. The topological polar surface area (TPSA) is 490 Å². The Kier molecular flexibility index (Phi) is 97.4. The summed E-state index contributed by atoms with van der Waals surface area (Å²) in [5.41, 5.74) is 21.3. The van der Waals surface area contributed by atoms with E-state index in [1.54, 1.807) is 24.9 Å². The number of hydrogen-bond acceptors (Lipinski definition) is 23. The van der Waals surface area contributed by atoms with Gasteiger partial charge in [0, 0.05) is 96.5 Å². The minimum absolute atomic E-state index is 0.00369. The summed E-state index contributed by atoms with van der Waals surface area (Å²) in [5, 5.41) is 42.6. The van der Waals surface area contributed by atoms with Gasteiger partial charge in [0.25, 0.3) is 0 Å². The summed E-state index contributed by atoms with van der Waals surface area (Å²) in [5.74, 6) is -6.76. The van der Waals surface area contributed by atoms with Gasteiger partial charge in [0.1, 0.15) is 18.1 Å². The number of carbonyl (C=O) groups is 10. The molecule has 0 saturated carbocycles. The van der Waals surface area contributed by atoms with Gasteiger partial charge in [0.05, 0.1) is 0 Å². The number of aliphatic imine (C=N–C) groups is 1. The number of guanidine groups is 1. The maximum Gasteiger partial charge on any atom is 0.248 e. The van der Waals surface area contributed by atoms with Crippen LogP contribution < -0.4 is 87.0 Å². The van der Waals surface area contributed by atoms with E-state index in [4.69, 9.17) is 30.8 Å². The van der Waals surface area contributed by atoms with Crippen LogP contribution in [0.15, 0.2) is 74.0 Å². The van der Waals surface area contributed by atoms with E-state index in [0.29, 0.717) is 0 Å². The number of carbonyl (C=O) groups excluding carboxylic acids is 10. The summed E-state index contributed by atoms with van der Waals surface area (Å²) < 4.78 is 0. The van der Waals surface area contributed by atoms with E-state index in [2.05, 4.69) is 177 Å². The van der Waals surface area contributed by atoms with Crippen molar-refractivity contribution < 1.29 is 67.3 Å². The Morgan fingerprint density at radius 2 is 0.446 bits per heavy atom. The third kappa shape index (κ3) is 97.3. The largest absolute Gasteiger partial charge is 0.370 e. The molecule has 18 N–H and O–H groups in total. The smallest absolute Gasteiger partial charge is 0.248 e. The van der Waals surface area contributed by atoms with Crippen LogP contribution in [0.3, 0.4) is 0 Å². The van der Waals surface area contributed by atoms with E-state index in [0.717, 1.165) is 128 Å². The van der Waals surface area contributed by atoms with Crippen LogP contribution in [0.2, 0.25) is 0 Å². The number of nitrogens with zero attached hydrogens (tertiary/aromatic N) is 5. The Morgan fingerprint density at radius 3 is 0.691 bits per heavy atom. The monoisotopic (exact) mass is 1960 g/mol. The SMILES string of the molecule is CCCCCCCC/C=C\CCCCCCC/C=N/NOCC(=O)NCCNC(=O)CC[C@H](NC(=O)CC[C@H](N=C(N)N)C(=O)N[C@@H](CCC(=O)NCCNC(=O)CON/N=C/CCCCCCC/C=C\CCCCCCCC)C(=O)NCCNC(=O)CON/N=C/CCCCCCC/C=C\CCCCCCCC)C(=O)NCCNC(=O)CON/N=C/CCCCCCC/C=C\CCCCCCCC. The molecule has 35 nitrogen and oxygen atoms in total. The summed E-state index contributed by atoms with van der Waals surface area (Å²) in [6, 6.07) is -4.26. The van der Waals surface area contributed by atoms with Crippen molar-refractivity contribution in [2.24, 2.45) is 36.9 Å². The van der Waals surface area contributed by atoms with Crippen LogP contribution in [0.4, 0.5) is 0 Å². The van der Waals surface area contributed by atoms with E-state index in [1.165, 1.54) is 231 Å². The van der Waals surface area contributed by atoms with Gasteiger partial charge in [-0.3, -0.25) is 47.9 Å². The van der Waals surface area contributed by atoms with E-state index < -0.39 is 96.2 Å². The Labute approximate surface area is 836 Å². The van der Waals surface area contributed by atoms with Gasteiger partial charge in [-0.05, 0) is 173 Å². The minimum Gasteiger partial charge on any atom is -0.370 e. The highest BCUT2D eigenvalue weighted by atomic mass is 16.7. The molecule has 798 valence electrons. The van der Waals surface area contributed by atoms with Gasteiger partial charge >= 0.3 is 0 Å². The predicted octanol–water partition coefficient (Wildman–Crippen LogP) is 16.0. The number of nitrogens with one attached hydrogen (secondary N) is 14. The zero-order valence-corrected chi connectivity index (χ0v) is 86.6. The lowest BCUT2D eigenvalue weighted by atomic mass is 10.1. The summed E-state index contributed by atoms with van der Waals surface area (Å²) in [7, 11) is 0. The molecule has 0 unspecified atom stereocenters. The number of amides is 10. The average Bonchev–Trinajstić information content (AvgIpc) is 0.880. The molecular formula is C104H193N21O14. The molecule has 0 spiro atoms. The van der Waals surface area contributed by atoms with Crippen molar-refractivity contribution in [1.29, 1.82) is 0 Å². The molecule has 0 aliphatic rings. The molecule has 0 aromatic heterocycles. The first kappa shape index (κ1) is 130. The van der Waals surface area contributed by atoms with Crippen molar-refractivity contribution in [3.63, 3.8) is 0 Å². The second-order valence-corrected chi connectivity index (χ2v) is 35.8. The number of unbranched alkanes of at least 4 members (excludes halogenated alkanes) is 48. The van der Waals surface area contributed by atoms with Crippen LogP contribution in [0.25, 0.3) is 0 Å². The van der Waals surface area contributed by atoms with Gasteiger partial charge in [0.2, 0.25) is 59.1 Å². The fourth-order valence-corrected chi connectivity index (χ4v) is 14.7. The average molecular weight is 1960 g/mol. The molecule has 0 aliphatic heterocycles. The fourth-order valence-electron chi connectivity index (χ4n) is 14.7. The lowest BCUT2D eigenvalue weighted by Gasteiger charge is -2.22. The number of hydrazone groups is 4. The highest BCUT2D eigenvalue weighted by Gasteiger charge is 2.29. The molecule has 0 bridgehead atoms. The van der Waals surface area contributed by atoms with Crippen LogP contribution in [0, 0.1) is 0 Å². The standard InChI is InChI=1S/C104H193N21O14/c1-5-9-13-17-21-25-29-33-37-41-45-49-53-57-61-65-75-115-122-136-87-97(129)109-81-79-107-94(126)72-69-91(101(133)113-85-83-111-99(131)89-138-124-117-77-67-63-59-55-51-47-43-39-35-31-27-23-19-15-11-7-3)119-96(128)74-71-93(121-104(105)106)103(135)120-92(102(134)114-86-84-112-100(132)90-139-125-118-78-68-64-60-56-52-48-44-40-36-32-28-24-20-16-12-8-4)70-73-95(127)108-80-82-110-98(130)88-137-123-116-76-66-62-58-54-50-46-42-38-34-30-26-22-18-14-10-6-2/h33-40,75-78,91-93,122-125H,5-32,41-74,79-90H2,1-4H3,(H,107,126)(H,108,127)(H,109,129)(H,110,130)(H,111,131)(H,112,132)(H,113,133)(H,114,134)(H,119,128)(H,120,135)(H4,105,106,121)/b37-33-,38-34-,39-35-,40-36-,115-75+,116-76+,117-77+,118-78+/t91-,92-,93-/m0/s1. The van der Waals surface area contributed by atoms with Crippen molar-refractivity contribution in [2.45, 2.75) is 444 Å². The second-order valence-electron chi connectivity index (χ2n) is 35.8. The van der Waals surface area contributed by atoms with Crippen LogP contribution in [0.1, 0.15) is 426 Å². The van der Waals surface area contributed by atoms with Gasteiger partial charge < -0.3 is 64.6 Å². The highest BCUT2D eigenvalue weighted by Crippen LogP contribution is 2.17. The lowest BCUT2D eigenvalue weighted by Crippen LogP contribution is -2.51. The molecule has 0 saturated heterocycles. The third-order valence-electron chi connectivity index (χ3n) is 22.9. The predicted molar refractivity (Wildman–Crippen MR) is 563 cm³/mol. The molecule has 3 atom stereocenters. The van der Waals surface area contributed by atoms with E-state index >= 15 is 0 Å². The van der Waals surface area contributed by atoms with Crippen LogP contribution in [0.5, 0.6) is 0 Å². The summed E-state index contributed by atoms with van der Waals surface area (Å²) in [4.78, 5) is 158. The Morgan fingerprint density at radius 1 is 0.237 bits per heavy atom. The summed E-state index contributed by atoms with van der Waals surface area (Å²) >= 11 is 0. The van der Waals surface area contributed by atoms with Gasteiger partial charge in [-0.25, -0.2) is 24.3 Å². The third-order valence-corrected chi connectivity index (χ3v) is 22.9. The number of nitrogens with two attached hydrogens (primary N) is 2. The van der Waals surface area contributed by atoms with Crippen molar-refractivity contribution in [3.8, 4) is 0 Å². The van der Waals surface area contributed by atoms with Gasteiger partial charge in [0.15, 0.2) is 32.4 Å². The molecule has 35 heteroatoms. The Balaban J connectivity index is 5.87. The summed E-state index contributed by atoms with van der Waals surface area (Å²) in [6.45, 7) is 7.20. The van der Waals surface area contributed by atoms with E-state index in [-0.39, 0.29) is 104 Å². The molecule has 0 aromatic rings.